The number of aromatic nitrogens is 4. The third-order valence-corrected chi connectivity index (χ3v) is 6.49. The van der Waals surface area contributed by atoms with Crippen molar-refractivity contribution >= 4 is 26.7 Å². The molecule has 11 heteroatoms. The van der Waals surface area contributed by atoms with E-state index in [0.717, 1.165) is 0 Å². The maximum absolute atomic E-state index is 14.9. The van der Waals surface area contributed by atoms with Gasteiger partial charge in [0.25, 0.3) is 5.56 Å². The van der Waals surface area contributed by atoms with Crippen molar-refractivity contribution < 1.29 is 17.2 Å². The molecule has 3 heterocycles. The Morgan fingerprint density at radius 3 is 2.45 bits per heavy atom. The average molecular weight is 474 g/mol. The van der Waals surface area contributed by atoms with Gasteiger partial charge in [-0.3, -0.25) is 14.2 Å². The van der Waals surface area contributed by atoms with Gasteiger partial charge in [-0.15, -0.1) is 5.10 Å². The fourth-order valence-corrected chi connectivity index (χ4v) is 4.08. The van der Waals surface area contributed by atoms with Gasteiger partial charge in [-0.05, 0) is 43.7 Å². The minimum Gasteiger partial charge on any atom is -0.318 e. The Hall–Kier alpha value is -3.60. The van der Waals surface area contributed by atoms with Gasteiger partial charge in [-0.1, -0.05) is 12.1 Å². The van der Waals surface area contributed by atoms with Gasteiger partial charge < -0.3 is 4.57 Å². The maximum atomic E-state index is 14.9. The van der Waals surface area contributed by atoms with E-state index in [9.17, 15) is 22.0 Å². The van der Waals surface area contributed by atoms with Crippen LogP contribution in [0.15, 0.2) is 47.4 Å². The quantitative estimate of drug-likeness (QED) is 0.464. The van der Waals surface area contributed by atoms with Crippen molar-refractivity contribution in [1.29, 1.82) is 0 Å². The second-order valence-corrected chi connectivity index (χ2v) is 9.67. The number of halogens is 2. The summed E-state index contributed by atoms with van der Waals surface area (Å²) in [5.41, 5.74) is 2.13. The Morgan fingerprint density at radius 1 is 1.12 bits per heavy atom. The highest BCUT2D eigenvalue weighted by Crippen LogP contribution is 2.31. The van der Waals surface area contributed by atoms with Crippen molar-refractivity contribution in [3.63, 3.8) is 0 Å². The van der Waals surface area contributed by atoms with E-state index >= 15 is 0 Å². The molecule has 0 aliphatic heterocycles. The van der Waals surface area contributed by atoms with E-state index in [1.54, 1.807) is 44.4 Å². The van der Waals surface area contributed by atoms with Crippen molar-refractivity contribution in [2.45, 2.75) is 20.4 Å². The van der Waals surface area contributed by atoms with E-state index in [1.807, 2.05) is 0 Å². The van der Waals surface area contributed by atoms with Gasteiger partial charge in [0.05, 0.1) is 28.9 Å². The first kappa shape index (κ1) is 22.6. The maximum Gasteiger partial charge on any atom is 0.253 e. The molecule has 8 nitrogen and oxygen atoms in total. The summed E-state index contributed by atoms with van der Waals surface area (Å²) in [5.74, 6) is -1.72. The number of pyridine rings is 2. The molecule has 0 saturated heterocycles. The molecule has 0 saturated carbocycles. The molecule has 0 spiro atoms. The number of hydrogen-bond acceptors (Lipinski definition) is 5. The lowest BCUT2D eigenvalue weighted by Crippen LogP contribution is -2.19. The normalized spacial score (nSPS) is 11.8. The lowest BCUT2D eigenvalue weighted by Gasteiger charge is -2.12. The molecule has 0 radical (unpaired) electrons. The topological polar surface area (TPSA) is 98.9 Å². The molecular formula is C22H21F2N5O3S. The molecular weight excluding hydrogens is 452 g/mol. The molecule has 1 N–H and O–H groups in total. The summed E-state index contributed by atoms with van der Waals surface area (Å²) >= 11 is 0. The first-order valence-electron chi connectivity index (χ1n) is 10.1. The third-order valence-electron chi connectivity index (χ3n) is 5.23. The monoisotopic (exact) mass is 473 g/mol. The smallest absolute Gasteiger partial charge is 0.253 e. The zero-order valence-electron chi connectivity index (χ0n) is 18.1. The summed E-state index contributed by atoms with van der Waals surface area (Å²) in [6, 6.07) is 8.90. The van der Waals surface area contributed by atoms with Crippen LogP contribution in [0.2, 0.25) is 0 Å². The van der Waals surface area contributed by atoms with Gasteiger partial charge in [0, 0.05) is 24.4 Å². The van der Waals surface area contributed by atoms with E-state index in [0.29, 0.717) is 27.9 Å². The number of benzene rings is 1. The predicted octanol–water partition coefficient (Wildman–Crippen LogP) is 3.19. The molecule has 4 aromatic rings. The zero-order chi connectivity index (χ0) is 23.9. The Morgan fingerprint density at radius 2 is 1.82 bits per heavy atom. The van der Waals surface area contributed by atoms with E-state index < -0.39 is 21.8 Å². The summed E-state index contributed by atoms with van der Waals surface area (Å²) in [4.78, 5) is 16.5. The molecule has 0 amide bonds. The SMILES string of the molecule is CCS(=O)(=O)Nc1nc(-c2cc(C)c(=O)n(C)c2)cc2c1c(F)nn2Cc1ccc(F)cc1. The van der Waals surface area contributed by atoms with E-state index in [2.05, 4.69) is 14.8 Å². The highest BCUT2D eigenvalue weighted by Gasteiger charge is 2.21. The molecule has 0 unspecified atom stereocenters. The van der Waals surface area contributed by atoms with Crippen LogP contribution in [0.1, 0.15) is 18.1 Å². The van der Waals surface area contributed by atoms with Crippen LogP contribution >= 0.6 is 0 Å². The summed E-state index contributed by atoms with van der Waals surface area (Å²) in [5, 5.41) is 3.85. The minimum atomic E-state index is -3.77. The molecule has 172 valence electrons. The molecule has 1 aromatic carbocycles. The number of hydrogen-bond donors (Lipinski definition) is 1. The molecule has 33 heavy (non-hydrogen) atoms. The minimum absolute atomic E-state index is 0.0839. The first-order valence-corrected chi connectivity index (χ1v) is 11.7. The highest BCUT2D eigenvalue weighted by atomic mass is 32.2. The predicted molar refractivity (Wildman–Crippen MR) is 121 cm³/mol. The van der Waals surface area contributed by atoms with Gasteiger partial charge in [0.15, 0.2) is 5.82 Å². The average Bonchev–Trinajstić information content (AvgIpc) is 3.08. The third kappa shape index (κ3) is 4.49. The number of nitrogens with zero attached hydrogens (tertiary/aromatic N) is 4. The second-order valence-electron chi connectivity index (χ2n) is 7.66. The van der Waals surface area contributed by atoms with Gasteiger partial charge in [-0.25, -0.2) is 17.8 Å². The summed E-state index contributed by atoms with van der Waals surface area (Å²) in [6.07, 6.45) is 1.57. The van der Waals surface area contributed by atoms with Gasteiger partial charge in [-0.2, -0.15) is 4.39 Å². The Balaban J connectivity index is 1.95. The molecule has 0 aliphatic rings. The van der Waals surface area contributed by atoms with E-state index in [4.69, 9.17) is 0 Å². The standard InChI is InChI=1S/C22H21F2N5O3S/c1-4-33(31,32)27-21-19-18(10-17(25-21)15-9-13(2)22(30)28(3)12-15)29(26-20(19)24)11-14-5-7-16(23)8-6-14/h5-10,12H,4,11H2,1-3H3,(H,25,27). The van der Waals surface area contributed by atoms with Crippen LogP contribution in [0.3, 0.4) is 0 Å². The molecule has 4 rings (SSSR count). The molecule has 3 aromatic heterocycles. The number of aryl methyl sites for hydroxylation is 2. The number of fused-ring (bicyclic) bond motifs is 1. The largest absolute Gasteiger partial charge is 0.318 e. The lowest BCUT2D eigenvalue weighted by molar-refractivity contribution is 0.549. The fraction of sp³-hybridized carbons (Fsp3) is 0.227. The lowest BCUT2D eigenvalue weighted by atomic mass is 10.1. The number of nitrogens with one attached hydrogen (secondary N) is 1. The van der Waals surface area contributed by atoms with Crippen LogP contribution in [-0.2, 0) is 23.6 Å². The van der Waals surface area contributed by atoms with E-state index in [-0.39, 0.29) is 29.1 Å². The summed E-state index contributed by atoms with van der Waals surface area (Å²) in [6.45, 7) is 3.23. The zero-order valence-corrected chi connectivity index (χ0v) is 18.9. The van der Waals surface area contributed by atoms with Gasteiger partial charge in [0.2, 0.25) is 16.0 Å². The summed E-state index contributed by atoms with van der Waals surface area (Å²) in [7, 11) is -2.18. The van der Waals surface area contributed by atoms with Crippen molar-refractivity contribution in [3.8, 4) is 11.3 Å². The molecule has 0 bridgehead atoms. The Bertz CT molecular complexity index is 1500. The van der Waals surface area contributed by atoms with Crippen LogP contribution in [0.5, 0.6) is 0 Å². The van der Waals surface area contributed by atoms with Gasteiger partial charge >= 0.3 is 0 Å². The number of rotatable bonds is 6. The van der Waals surface area contributed by atoms with Crippen LogP contribution in [0.4, 0.5) is 14.6 Å². The number of anilines is 1. The van der Waals surface area contributed by atoms with Crippen LogP contribution in [0, 0.1) is 18.7 Å². The van der Waals surface area contributed by atoms with Crippen molar-refractivity contribution in [2.24, 2.45) is 7.05 Å². The Kier molecular flexibility index (Phi) is 5.75. The first-order chi connectivity index (χ1) is 15.6. The van der Waals surface area contributed by atoms with Crippen molar-refractivity contribution in [2.75, 3.05) is 10.5 Å². The van der Waals surface area contributed by atoms with Gasteiger partial charge in [0.1, 0.15) is 5.82 Å². The second kappa shape index (κ2) is 8.39. The molecule has 0 fully saturated rings. The Labute approximate surface area is 188 Å². The van der Waals surface area contributed by atoms with Crippen molar-refractivity contribution in [1.82, 2.24) is 19.3 Å². The van der Waals surface area contributed by atoms with Crippen LogP contribution in [-0.4, -0.2) is 33.5 Å². The highest BCUT2D eigenvalue weighted by molar-refractivity contribution is 7.92. The number of sulfonamides is 1. The van der Waals surface area contributed by atoms with Crippen LogP contribution < -0.4 is 10.3 Å². The van der Waals surface area contributed by atoms with Crippen molar-refractivity contribution in [3.05, 3.63) is 75.8 Å². The van der Waals surface area contributed by atoms with E-state index in [1.165, 1.54) is 28.3 Å². The molecule has 0 aliphatic carbocycles. The van der Waals surface area contributed by atoms with Crippen LogP contribution in [0.25, 0.3) is 22.2 Å². The summed E-state index contributed by atoms with van der Waals surface area (Å²) < 4.78 is 57.8. The fourth-order valence-electron chi connectivity index (χ4n) is 3.49. The molecule has 0 atom stereocenters.